The van der Waals surface area contributed by atoms with Crippen molar-refractivity contribution in [1.29, 1.82) is 0 Å². The summed E-state index contributed by atoms with van der Waals surface area (Å²) in [7, 11) is -4.07. The fourth-order valence-electron chi connectivity index (χ4n) is 2.89. The number of alkyl halides is 2. The van der Waals surface area contributed by atoms with Gasteiger partial charge in [0.1, 0.15) is 11.6 Å². The molecule has 1 aliphatic heterocycles. The van der Waals surface area contributed by atoms with E-state index in [0.717, 1.165) is 12.1 Å². The van der Waals surface area contributed by atoms with Crippen molar-refractivity contribution >= 4 is 21.7 Å². The highest BCUT2D eigenvalue weighted by molar-refractivity contribution is 7.92. The molecular formula is C17H17F3N4O3S. The van der Waals surface area contributed by atoms with Gasteiger partial charge in [0, 0.05) is 11.0 Å². The van der Waals surface area contributed by atoms with E-state index < -0.39 is 40.3 Å². The van der Waals surface area contributed by atoms with E-state index in [2.05, 4.69) is 11.7 Å². The molecule has 1 saturated heterocycles. The molecule has 2 heterocycles. The van der Waals surface area contributed by atoms with Crippen molar-refractivity contribution in [3.63, 3.8) is 0 Å². The second kappa shape index (κ2) is 6.66. The van der Waals surface area contributed by atoms with Crippen LogP contribution in [0.5, 0.6) is 0 Å². The molecule has 0 radical (unpaired) electrons. The summed E-state index contributed by atoms with van der Waals surface area (Å²) < 4.78 is 66.9. The normalized spacial score (nSPS) is 18.5. The lowest BCUT2D eigenvalue weighted by Crippen LogP contribution is -2.64. The lowest BCUT2D eigenvalue weighted by atomic mass is 9.99. The number of sulfonamides is 1. The van der Waals surface area contributed by atoms with Crippen LogP contribution in [0.3, 0.4) is 0 Å². The van der Waals surface area contributed by atoms with E-state index in [9.17, 15) is 26.4 Å². The standard InChI is InChI=1S/C17H17F3N4O3S/c1-4-28(26,27)22-15(25)14-10(2)16(23-9-17(19,20)11(23)3)24(21-14)13-7-5-12(18)6-8-13/h4-8,11H,1,9H2,2-3H3,(H,22,25)/t11-/m1/s1. The van der Waals surface area contributed by atoms with Gasteiger partial charge >= 0.3 is 0 Å². The van der Waals surface area contributed by atoms with Crippen LogP contribution in [0.2, 0.25) is 0 Å². The molecule has 7 nitrogen and oxygen atoms in total. The molecule has 28 heavy (non-hydrogen) atoms. The fourth-order valence-corrected chi connectivity index (χ4v) is 3.33. The maximum absolute atomic E-state index is 13.7. The van der Waals surface area contributed by atoms with Crippen molar-refractivity contribution in [1.82, 2.24) is 14.5 Å². The zero-order chi connectivity index (χ0) is 20.9. The van der Waals surface area contributed by atoms with Gasteiger partial charge in [-0.15, -0.1) is 0 Å². The third kappa shape index (κ3) is 3.37. The van der Waals surface area contributed by atoms with Gasteiger partial charge in [0.15, 0.2) is 5.69 Å². The molecule has 11 heteroatoms. The van der Waals surface area contributed by atoms with Crippen LogP contribution in [-0.4, -0.2) is 42.6 Å². The van der Waals surface area contributed by atoms with Crippen LogP contribution in [-0.2, 0) is 10.0 Å². The number of carbonyl (C=O) groups is 1. The largest absolute Gasteiger partial charge is 0.341 e. The second-order valence-electron chi connectivity index (χ2n) is 6.39. The maximum atomic E-state index is 13.7. The molecule has 150 valence electrons. The number of carbonyl (C=O) groups excluding carboxylic acids is 1. The Kier molecular flexibility index (Phi) is 4.74. The number of rotatable bonds is 5. The van der Waals surface area contributed by atoms with Gasteiger partial charge in [-0.3, -0.25) is 4.79 Å². The number of aromatic nitrogens is 2. The van der Waals surface area contributed by atoms with E-state index in [1.165, 1.54) is 35.6 Å². The van der Waals surface area contributed by atoms with Gasteiger partial charge < -0.3 is 4.90 Å². The number of amides is 1. The Hall–Kier alpha value is -2.82. The Morgan fingerprint density at radius 3 is 2.46 bits per heavy atom. The minimum atomic E-state index is -4.07. The highest BCUT2D eigenvalue weighted by Gasteiger charge is 2.53. The molecule has 0 unspecified atom stereocenters. The first-order valence-corrected chi connectivity index (χ1v) is 9.71. The van der Waals surface area contributed by atoms with E-state index in [0.29, 0.717) is 11.1 Å². The third-order valence-electron chi connectivity index (χ3n) is 4.56. The number of halogens is 3. The molecule has 1 fully saturated rings. The van der Waals surface area contributed by atoms with Crippen LogP contribution >= 0.6 is 0 Å². The average Bonchev–Trinajstić information content (AvgIpc) is 2.97. The van der Waals surface area contributed by atoms with Crippen LogP contribution in [0, 0.1) is 12.7 Å². The number of anilines is 1. The molecule has 0 aliphatic carbocycles. The molecule has 3 rings (SSSR count). The van der Waals surface area contributed by atoms with Crippen LogP contribution in [0.1, 0.15) is 23.0 Å². The van der Waals surface area contributed by atoms with E-state index in [4.69, 9.17) is 0 Å². The molecule has 1 aliphatic rings. The first kappa shape index (κ1) is 19.9. The topological polar surface area (TPSA) is 84.3 Å². The van der Waals surface area contributed by atoms with E-state index in [1.807, 2.05) is 0 Å². The quantitative estimate of drug-likeness (QED) is 0.812. The Labute approximate surface area is 159 Å². The monoisotopic (exact) mass is 414 g/mol. The summed E-state index contributed by atoms with van der Waals surface area (Å²) in [4.78, 5) is 13.7. The van der Waals surface area contributed by atoms with Gasteiger partial charge in [-0.25, -0.2) is 31.0 Å². The van der Waals surface area contributed by atoms with Crippen molar-refractivity contribution in [3.8, 4) is 5.69 Å². The Bertz CT molecular complexity index is 1050. The van der Waals surface area contributed by atoms with Crippen LogP contribution < -0.4 is 9.62 Å². The zero-order valence-corrected chi connectivity index (χ0v) is 15.8. The van der Waals surface area contributed by atoms with Crippen LogP contribution in [0.15, 0.2) is 36.3 Å². The maximum Gasteiger partial charge on any atom is 0.285 e. The summed E-state index contributed by atoms with van der Waals surface area (Å²) in [6, 6.07) is 3.90. The molecule has 2 aromatic rings. The van der Waals surface area contributed by atoms with Gasteiger partial charge in [0.2, 0.25) is 0 Å². The summed E-state index contributed by atoms with van der Waals surface area (Å²) in [6.07, 6.45) is 0. The average molecular weight is 414 g/mol. The molecule has 0 spiro atoms. The summed E-state index contributed by atoms with van der Waals surface area (Å²) in [5, 5.41) is 4.68. The minimum absolute atomic E-state index is 0.200. The molecule has 1 N–H and O–H groups in total. The molecule has 0 saturated carbocycles. The summed E-state index contributed by atoms with van der Waals surface area (Å²) in [5.74, 6) is -4.25. The summed E-state index contributed by atoms with van der Waals surface area (Å²) >= 11 is 0. The van der Waals surface area contributed by atoms with Gasteiger partial charge in [0.25, 0.3) is 21.9 Å². The first-order valence-electron chi connectivity index (χ1n) is 8.16. The minimum Gasteiger partial charge on any atom is -0.341 e. The number of hydrogen-bond acceptors (Lipinski definition) is 5. The number of hydrogen-bond donors (Lipinski definition) is 1. The molecular weight excluding hydrogens is 397 g/mol. The van der Waals surface area contributed by atoms with E-state index in [-0.39, 0.29) is 17.1 Å². The molecule has 1 aromatic heterocycles. The van der Waals surface area contributed by atoms with Gasteiger partial charge in [-0.2, -0.15) is 5.10 Å². The highest BCUT2D eigenvalue weighted by atomic mass is 32.2. The lowest BCUT2D eigenvalue weighted by molar-refractivity contribution is -0.0646. The highest BCUT2D eigenvalue weighted by Crippen LogP contribution is 2.41. The second-order valence-corrected chi connectivity index (χ2v) is 8.02. The Morgan fingerprint density at radius 2 is 1.96 bits per heavy atom. The predicted octanol–water partition coefficient (Wildman–Crippen LogP) is 2.37. The third-order valence-corrected chi connectivity index (χ3v) is 5.47. The number of nitrogens with zero attached hydrogens (tertiary/aromatic N) is 3. The zero-order valence-electron chi connectivity index (χ0n) is 15.0. The number of nitrogens with one attached hydrogen (secondary N) is 1. The summed E-state index contributed by atoms with van der Waals surface area (Å²) in [5.41, 5.74) is 0.281. The molecule has 1 amide bonds. The van der Waals surface area contributed by atoms with Gasteiger partial charge in [-0.1, -0.05) is 6.58 Å². The van der Waals surface area contributed by atoms with Crippen molar-refractivity contribution in [3.05, 3.63) is 53.3 Å². The van der Waals surface area contributed by atoms with Crippen molar-refractivity contribution in [2.45, 2.75) is 25.8 Å². The number of benzene rings is 1. The Morgan fingerprint density at radius 1 is 1.36 bits per heavy atom. The smallest absolute Gasteiger partial charge is 0.285 e. The summed E-state index contributed by atoms with van der Waals surface area (Å²) in [6.45, 7) is 5.31. The van der Waals surface area contributed by atoms with E-state index in [1.54, 1.807) is 4.72 Å². The fraction of sp³-hybridized carbons (Fsp3) is 0.294. The van der Waals surface area contributed by atoms with Crippen LogP contribution in [0.4, 0.5) is 19.0 Å². The van der Waals surface area contributed by atoms with Crippen molar-refractivity contribution < 1.29 is 26.4 Å². The van der Waals surface area contributed by atoms with Crippen molar-refractivity contribution in [2.24, 2.45) is 0 Å². The molecule has 1 atom stereocenters. The predicted molar refractivity (Wildman–Crippen MR) is 96.6 cm³/mol. The molecule has 1 aromatic carbocycles. The first-order chi connectivity index (χ1) is 13.0. The van der Waals surface area contributed by atoms with Gasteiger partial charge in [0.05, 0.1) is 18.3 Å². The van der Waals surface area contributed by atoms with Crippen LogP contribution in [0.25, 0.3) is 5.69 Å². The Balaban J connectivity index is 2.11. The molecule has 0 bridgehead atoms. The van der Waals surface area contributed by atoms with Gasteiger partial charge in [-0.05, 0) is 38.1 Å². The lowest BCUT2D eigenvalue weighted by Gasteiger charge is -2.47. The van der Waals surface area contributed by atoms with Crippen molar-refractivity contribution in [2.75, 3.05) is 11.4 Å². The van der Waals surface area contributed by atoms with E-state index >= 15 is 0 Å². The SMILES string of the molecule is C=CS(=O)(=O)NC(=O)c1nn(-c2ccc(F)cc2)c(N2CC(F)(F)[C@H]2C)c1C.